The highest BCUT2D eigenvalue weighted by molar-refractivity contribution is 6.32. The van der Waals surface area contributed by atoms with Gasteiger partial charge in [-0.25, -0.2) is 15.0 Å². The molecule has 0 spiro atoms. The van der Waals surface area contributed by atoms with E-state index >= 15 is 0 Å². The number of hydrogen-bond acceptors (Lipinski definition) is 16. The van der Waals surface area contributed by atoms with Gasteiger partial charge in [-0.2, -0.15) is 0 Å². The van der Waals surface area contributed by atoms with E-state index in [2.05, 4.69) is 40.8 Å². The second kappa shape index (κ2) is 32.7. The second-order valence-electron chi connectivity index (χ2n) is 21.0. The lowest BCUT2D eigenvalue weighted by atomic mass is 9.96. The quantitative estimate of drug-likeness (QED) is 0.0331. The zero-order valence-electron chi connectivity index (χ0n) is 51.7. The maximum atomic E-state index is 13.1. The van der Waals surface area contributed by atoms with Gasteiger partial charge >= 0.3 is 0 Å². The second-order valence-corrected chi connectivity index (χ2v) is 22.7. The van der Waals surface area contributed by atoms with Crippen molar-refractivity contribution in [3.05, 3.63) is 263 Å². The number of ketones is 3. The van der Waals surface area contributed by atoms with Crippen LogP contribution in [0, 0.1) is 10.8 Å². The van der Waals surface area contributed by atoms with Crippen LogP contribution in [0.4, 0.5) is 17.5 Å². The van der Waals surface area contributed by atoms with E-state index in [0.29, 0.717) is 111 Å². The van der Waals surface area contributed by atoms with E-state index in [0.717, 1.165) is 35.6 Å². The maximum Gasteiger partial charge on any atom is 0.257 e. The summed E-state index contributed by atoms with van der Waals surface area (Å²) in [6.07, 6.45) is 4.24. The number of nitrogens with zero attached hydrogens (tertiary/aromatic N) is 5. The van der Waals surface area contributed by atoms with E-state index < -0.39 is 17.7 Å². The predicted octanol–water partition coefficient (Wildman–Crippen LogP) is 14.4. The molecule has 94 heavy (non-hydrogen) atoms. The van der Waals surface area contributed by atoms with Crippen LogP contribution < -0.4 is 30.2 Å². The summed E-state index contributed by atoms with van der Waals surface area (Å²) in [5.74, 6) is 1.44. The first-order chi connectivity index (χ1) is 45.1. The van der Waals surface area contributed by atoms with E-state index in [1.54, 1.807) is 153 Å². The molecule has 1 aliphatic rings. The lowest BCUT2D eigenvalue weighted by molar-refractivity contribution is 0.0979. The van der Waals surface area contributed by atoms with Gasteiger partial charge in [-0.3, -0.25) is 33.8 Å². The van der Waals surface area contributed by atoms with Crippen molar-refractivity contribution in [2.45, 2.75) is 33.1 Å². The average molecular weight is 1340 g/mol. The van der Waals surface area contributed by atoms with Gasteiger partial charge in [-0.1, -0.05) is 131 Å². The summed E-state index contributed by atoms with van der Waals surface area (Å²) < 4.78 is 16.2. The maximum absolute atomic E-state index is 13.1. The minimum atomic E-state index is -0.462. The van der Waals surface area contributed by atoms with Gasteiger partial charge in [0.2, 0.25) is 0 Å². The number of aromatic nitrogens is 3. The molecule has 6 aromatic carbocycles. The summed E-state index contributed by atoms with van der Waals surface area (Å²) in [6.45, 7) is 5.01. The molecule has 4 heterocycles. The normalized spacial score (nSPS) is 11.3. The molecule has 23 heteroatoms. The van der Waals surface area contributed by atoms with Crippen molar-refractivity contribution >= 4 is 116 Å². The van der Waals surface area contributed by atoms with Gasteiger partial charge in [0.1, 0.15) is 40.5 Å². The molecule has 3 aromatic heterocycles. The molecule has 0 saturated heterocycles. The molecule has 0 fully saturated rings. The monoisotopic (exact) mass is 1340 g/mol. The van der Waals surface area contributed by atoms with Crippen LogP contribution in [-0.4, -0.2) is 114 Å². The van der Waals surface area contributed by atoms with Gasteiger partial charge in [-0.15, -0.1) is 0 Å². The number of benzene rings is 6. The third-order valence-corrected chi connectivity index (χ3v) is 15.4. The SMILES string of the molecule is COc1cc(Cl)cc(C(=O)Nc2ccc(Cl)cn2)c1CC(=O)c1ccc(C2=NCCN2C)cc1.COc1cccc(C(=O)Nc2ccc(Cl)cn2)c1CC(=O)c1ccc(C(C)=N)cc1.COc1cccc(C(=O)Nc2ccc(Cl)cn2)c1CC(=O)c1ccc(C(C)=N)cc1. The number of carbonyl (C=O) groups is 6. The first-order valence-electron chi connectivity index (χ1n) is 28.9. The van der Waals surface area contributed by atoms with Gasteiger partial charge in [0.15, 0.2) is 17.3 Å². The zero-order chi connectivity index (χ0) is 67.6. The molecule has 478 valence electrons. The molecule has 9 aromatic rings. The number of rotatable bonds is 21. The van der Waals surface area contributed by atoms with Gasteiger partial charge in [-0.05, 0) is 97.8 Å². The van der Waals surface area contributed by atoms with Crippen molar-refractivity contribution in [1.29, 1.82) is 10.8 Å². The molecule has 0 saturated carbocycles. The third kappa shape index (κ3) is 18.4. The van der Waals surface area contributed by atoms with Gasteiger partial charge < -0.3 is 45.9 Å². The number of ether oxygens (including phenoxy) is 3. The van der Waals surface area contributed by atoms with E-state index in [1.165, 1.54) is 46.0 Å². The van der Waals surface area contributed by atoms with Crippen LogP contribution in [0.2, 0.25) is 20.1 Å². The van der Waals surface area contributed by atoms with Crippen molar-refractivity contribution in [3.8, 4) is 17.2 Å². The largest absolute Gasteiger partial charge is 0.496 e. The molecule has 0 radical (unpaired) electrons. The number of nitrogens with one attached hydrogen (secondary N) is 5. The number of amides is 3. The predicted molar refractivity (Wildman–Crippen MR) is 368 cm³/mol. The van der Waals surface area contributed by atoms with Crippen molar-refractivity contribution in [2.24, 2.45) is 4.99 Å². The summed E-state index contributed by atoms with van der Waals surface area (Å²) in [5.41, 5.74) is 7.11. The fraction of sp³-hybridized carbons (Fsp3) is 0.155. The summed E-state index contributed by atoms with van der Waals surface area (Å²) in [4.78, 5) is 96.4. The van der Waals surface area contributed by atoms with Gasteiger partial charge in [0.25, 0.3) is 17.7 Å². The molecular formula is C71H62Cl4N10O9. The molecule has 0 unspecified atom stereocenters. The van der Waals surface area contributed by atoms with Crippen LogP contribution in [-0.2, 0) is 19.3 Å². The number of hydrogen-bond donors (Lipinski definition) is 5. The Morgan fingerprint density at radius 2 is 0.798 bits per heavy atom. The number of likely N-dealkylation sites (N-methyl/N-ethyl adjacent to an activating group) is 1. The van der Waals surface area contributed by atoms with E-state index in [4.69, 9.17) is 71.4 Å². The fourth-order valence-electron chi connectivity index (χ4n) is 9.63. The van der Waals surface area contributed by atoms with Crippen LogP contribution in [0.5, 0.6) is 17.2 Å². The van der Waals surface area contributed by atoms with Crippen molar-refractivity contribution < 1.29 is 43.0 Å². The van der Waals surface area contributed by atoms with Gasteiger partial charge in [0, 0.05) is 124 Å². The molecule has 0 atom stereocenters. The molecule has 10 rings (SSSR count). The minimum Gasteiger partial charge on any atom is -0.496 e. The first-order valence-corrected chi connectivity index (χ1v) is 30.4. The number of amidine groups is 1. The van der Waals surface area contributed by atoms with Crippen molar-refractivity contribution in [3.63, 3.8) is 0 Å². The van der Waals surface area contributed by atoms with E-state index in [9.17, 15) is 28.8 Å². The Bertz CT molecular complexity index is 4150. The van der Waals surface area contributed by atoms with E-state index in [-0.39, 0.29) is 42.2 Å². The van der Waals surface area contributed by atoms with E-state index in [1.807, 2.05) is 19.2 Å². The Morgan fingerprint density at radius 3 is 1.13 bits per heavy atom. The number of methoxy groups -OCH3 is 3. The lowest BCUT2D eigenvalue weighted by Gasteiger charge is -2.15. The Morgan fingerprint density at radius 1 is 0.447 bits per heavy atom. The number of anilines is 3. The van der Waals surface area contributed by atoms with Crippen LogP contribution >= 0.6 is 46.4 Å². The molecule has 3 amide bonds. The van der Waals surface area contributed by atoms with Crippen molar-refractivity contribution in [1.82, 2.24) is 19.9 Å². The number of Topliss-reactive ketones (excluding diaryl/α,β-unsaturated/α-hetero) is 3. The summed E-state index contributed by atoms with van der Waals surface area (Å²) in [6, 6.07) is 43.8. The topological polar surface area (TPSA) is 268 Å². The smallest absolute Gasteiger partial charge is 0.257 e. The molecular weight excluding hydrogens is 1280 g/mol. The number of pyridine rings is 3. The standard InChI is InChI=1S/C25H22Cl2N4O3.2C23H20ClN3O3/c1-31-10-9-28-24(31)16-5-3-15(4-6-16)21(32)13-19-20(11-18(27)12-22(19)34-2)25(33)30-23-8-7-17(26)14-29-23;2*1-14(25)15-6-8-16(9-7-15)20(28)12-19-18(4-3-5-21(19)30-2)23(29)27-22-11-10-17(24)13-26-22/h3-8,11-12,14H,9-10,13H2,1-2H3,(H,29,30,33);2*3-11,13,25H,12H2,1-2H3,(H,26,27,29). The molecule has 5 N–H and O–H groups in total. The van der Waals surface area contributed by atoms with Crippen LogP contribution in [0.1, 0.15) is 109 Å². The Labute approximate surface area is 562 Å². The van der Waals surface area contributed by atoms with Crippen molar-refractivity contribution in [2.75, 3.05) is 57.4 Å². The lowest BCUT2D eigenvalue weighted by Crippen LogP contribution is -2.23. The number of aliphatic imine (C=N–C) groups is 1. The zero-order valence-corrected chi connectivity index (χ0v) is 54.7. The molecule has 0 bridgehead atoms. The summed E-state index contributed by atoms with van der Waals surface area (Å²) >= 11 is 23.7. The minimum absolute atomic E-state index is 0.0102. The molecule has 19 nitrogen and oxygen atoms in total. The number of carbonyl (C=O) groups excluding carboxylic acids is 6. The fourth-order valence-corrected chi connectivity index (χ4v) is 10.2. The highest BCUT2D eigenvalue weighted by Gasteiger charge is 2.25. The van der Waals surface area contributed by atoms with Crippen LogP contribution in [0.25, 0.3) is 0 Å². The van der Waals surface area contributed by atoms with Crippen LogP contribution in [0.15, 0.2) is 181 Å². The molecule has 1 aliphatic heterocycles. The summed E-state index contributed by atoms with van der Waals surface area (Å²) in [5, 5.41) is 25.2. The third-order valence-electron chi connectivity index (χ3n) is 14.6. The van der Waals surface area contributed by atoms with Crippen LogP contribution in [0.3, 0.4) is 0 Å². The summed E-state index contributed by atoms with van der Waals surface area (Å²) in [7, 11) is 6.44. The number of halogens is 4. The van der Waals surface area contributed by atoms with Gasteiger partial charge in [0.05, 0.1) is 42.9 Å². The average Bonchev–Trinajstić information content (AvgIpc) is 1.39. The first kappa shape index (κ1) is 69.4. The molecule has 0 aliphatic carbocycles. The highest BCUT2D eigenvalue weighted by atomic mass is 35.5. The Kier molecular flexibility index (Phi) is 24.2. The highest BCUT2D eigenvalue weighted by Crippen LogP contribution is 2.31. The Balaban J connectivity index is 0.000000181. The Hall–Kier alpha value is -10.4.